The van der Waals surface area contributed by atoms with E-state index in [1.54, 1.807) is 13.3 Å². The van der Waals surface area contributed by atoms with E-state index in [-0.39, 0.29) is 0 Å². The van der Waals surface area contributed by atoms with Crippen LogP contribution in [-0.4, -0.2) is 24.7 Å². The number of aromatic nitrogens is 1. The predicted octanol–water partition coefficient (Wildman–Crippen LogP) is 2.75. The van der Waals surface area contributed by atoms with Gasteiger partial charge in [-0.05, 0) is 34.0 Å². The molecular weight excluding hydrogens is 268 g/mol. The van der Waals surface area contributed by atoms with Crippen molar-refractivity contribution in [1.82, 2.24) is 10.3 Å². The molecule has 0 aromatic carbocycles. The molecule has 0 saturated carbocycles. The number of nitrogens with one attached hydrogen (secondary N) is 1. The van der Waals surface area contributed by atoms with Crippen LogP contribution in [0.1, 0.15) is 25.3 Å². The summed E-state index contributed by atoms with van der Waals surface area (Å²) in [6, 6.07) is 2.50. The van der Waals surface area contributed by atoms with E-state index in [9.17, 15) is 0 Å². The Morgan fingerprint density at radius 3 is 2.94 bits per heavy atom. The number of nitrogens with zero attached hydrogens (tertiary/aromatic N) is 1. The molecular formula is C12H19BrN2O. The molecule has 1 heterocycles. The van der Waals surface area contributed by atoms with Crippen LogP contribution in [0.3, 0.4) is 0 Å². The van der Waals surface area contributed by atoms with Gasteiger partial charge in [0.1, 0.15) is 0 Å². The molecule has 0 saturated heterocycles. The number of ether oxygens (including phenoxy) is 1. The Hall–Kier alpha value is -0.450. The van der Waals surface area contributed by atoms with Crippen LogP contribution >= 0.6 is 15.9 Å². The Balaban J connectivity index is 2.41. The zero-order valence-electron chi connectivity index (χ0n) is 9.87. The smallest absolute Gasteiger partial charge is 0.0615 e. The molecule has 0 aliphatic heterocycles. The van der Waals surface area contributed by atoms with Crippen LogP contribution in [0.15, 0.2) is 22.9 Å². The Morgan fingerprint density at radius 2 is 2.31 bits per heavy atom. The van der Waals surface area contributed by atoms with E-state index in [1.165, 1.54) is 5.56 Å². The van der Waals surface area contributed by atoms with Crippen molar-refractivity contribution in [3.63, 3.8) is 0 Å². The second-order valence-corrected chi connectivity index (χ2v) is 4.75. The van der Waals surface area contributed by atoms with Gasteiger partial charge in [0, 0.05) is 36.6 Å². The third-order valence-corrected chi connectivity index (χ3v) is 2.80. The van der Waals surface area contributed by atoms with Gasteiger partial charge in [0.25, 0.3) is 0 Å². The molecule has 1 aromatic heterocycles. The molecule has 1 unspecified atom stereocenters. The maximum atomic E-state index is 5.18. The minimum Gasteiger partial charge on any atom is -0.383 e. The number of pyridine rings is 1. The molecule has 0 bridgehead atoms. The highest BCUT2D eigenvalue weighted by Crippen LogP contribution is 2.09. The molecule has 90 valence electrons. The molecule has 4 heteroatoms. The van der Waals surface area contributed by atoms with Gasteiger partial charge in [0.15, 0.2) is 0 Å². The highest BCUT2D eigenvalue weighted by atomic mass is 79.9. The maximum Gasteiger partial charge on any atom is 0.0615 e. The fourth-order valence-electron chi connectivity index (χ4n) is 1.61. The highest BCUT2D eigenvalue weighted by Gasteiger charge is 2.06. The van der Waals surface area contributed by atoms with Gasteiger partial charge in [-0.3, -0.25) is 4.98 Å². The number of halogens is 1. The summed E-state index contributed by atoms with van der Waals surface area (Å²) in [4.78, 5) is 4.14. The average molecular weight is 287 g/mol. The van der Waals surface area contributed by atoms with Crippen LogP contribution in [0.4, 0.5) is 0 Å². The first kappa shape index (κ1) is 13.6. The van der Waals surface area contributed by atoms with Crippen molar-refractivity contribution >= 4 is 15.9 Å². The average Bonchev–Trinajstić information content (AvgIpc) is 2.27. The minimum atomic E-state index is 0.425. The zero-order valence-corrected chi connectivity index (χ0v) is 11.5. The van der Waals surface area contributed by atoms with Crippen LogP contribution < -0.4 is 5.32 Å². The summed E-state index contributed by atoms with van der Waals surface area (Å²) in [5, 5.41) is 3.48. The summed E-state index contributed by atoms with van der Waals surface area (Å²) in [5.74, 6) is 0. The summed E-state index contributed by atoms with van der Waals surface area (Å²) >= 11 is 3.42. The fourth-order valence-corrected chi connectivity index (χ4v) is 2.02. The molecule has 0 aliphatic carbocycles. The number of methoxy groups -OCH3 is 1. The van der Waals surface area contributed by atoms with E-state index in [2.05, 4.69) is 39.2 Å². The third-order valence-electron chi connectivity index (χ3n) is 2.36. The topological polar surface area (TPSA) is 34.1 Å². The van der Waals surface area contributed by atoms with Crippen molar-refractivity contribution in [1.29, 1.82) is 0 Å². The molecule has 0 amide bonds. The lowest BCUT2D eigenvalue weighted by Crippen LogP contribution is -2.32. The summed E-state index contributed by atoms with van der Waals surface area (Å²) in [5.41, 5.74) is 1.19. The molecule has 0 radical (unpaired) electrons. The van der Waals surface area contributed by atoms with Gasteiger partial charge in [0.05, 0.1) is 6.61 Å². The van der Waals surface area contributed by atoms with Gasteiger partial charge in [-0.1, -0.05) is 13.3 Å². The van der Waals surface area contributed by atoms with Crippen molar-refractivity contribution in [2.24, 2.45) is 0 Å². The van der Waals surface area contributed by atoms with Gasteiger partial charge in [0.2, 0.25) is 0 Å². The first-order valence-electron chi connectivity index (χ1n) is 5.58. The van der Waals surface area contributed by atoms with Crippen LogP contribution in [0, 0.1) is 0 Å². The zero-order chi connectivity index (χ0) is 11.8. The van der Waals surface area contributed by atoms with Crippen molar-refractivity contribution in [2.75, 3.05) is 13.7 Å². The monoisotopic (exact) mass is 286 g/mol. The van der Waals surface area contributed by atoms with Gasteiger partial charge >= 0.3 is 0 Å². The minimum absolute atomic E-state index is 0.425. The summed E-state index contributed by atoms with van der Waals surface area (Å²) in [6.07, 6.45) is 5.97. The Kier molecular flexibility index (Phi) is 6.61. The van der Waals surface area contributed by atoms with E-state index in [0.29, 0.717) is 6.04 Å². The lowest BCUT2D eigenvalue weighted by molar-refractivity contribution is 0.161. The molecule has 0 aliphatic rings. The molecule has 1 atom stereocenters. The van der Waals surface area contributed by atoms with E-state index in [0.717, 1.165) is 30.5 Å². The van der Waals surface area contributed by atoms with Crippen LogP contribution in [0.25, 0.3) is 0 Å². The van der Waals surface area contributed by atoms with Crippen molar-refractivity contribution in [2.45, 2.75) is 32.4 Å². The normalized spacial score (nSPS) is 12.7. The molecule has 1 aromatic rings. The van der Waals surface area contributed by atoms with E-state index < -0.39 is 0 Å². The molecule has 0 spiro atoms. The second-order valence-electron chi connectivity index (χ2n) is 3.83. The van der Waals surface area contributed by atoms with E-state index in [1.807, 2.05) is 6.20 Å². The number of hydrogen-bond donors (Lipinski definition) is 1. The maximum absolute atomic E-state index is 5.18. The van der Waals surface area contributed by atoms with Crippen LogP contribution in [-0.2, 0) is 11.3 Å². The SMILES string of the molecule is CCCC(COC)NCc1cncc(Br)c1. The Bertz CT molecular complexity index is 301. The Morgan fingerprint density at radius 1 is 1.50 bits per heavy atom. The summed E-state index contributed by atoms with van der Waals surface area (Å²) < 4.78 is 6.20. The van der Waals surface area contributed by atoms with Crippen LogP contribution in [0.5, 0.6) is 0 Å². The first-order valence-corrected chi connectivity index (χ1v) is 6.37. The standard InChI is InChI=1S/C12H19BrN2O/c1-3-4-12(9-16-2)15-7-10-5-11(13)8-14-6-10/h5-6,8,12,15H,3-4,7,9H2,1-2H3. The molecule has 0 fully saturated rings. The largest absolute Gasteiger partial charge is 0.383 e. The van der Waals surface area contributed by atoms with Crippen molar-refractivity contribution in [3.8, 4) is 0 Å². The second kappa shape index (κ2) is 7.76. The number of rotatable bonds is 7. The third kappa shape index (κ3) is 5.05. The molecule has 1 N–H and O–H groups in total. The van der Waals surface area contributed by atoms with Gasteiger partial charge in [-0.2, -0.15) is 0 Å². The molecule has 3 nitrogen and oxygen atoms in total. The molecule has 16 heavy (non-hydrogen) atoms. The summed E-state index contributed by atoms with van der Waals surface area (Å²) in [7, 11) is 1.74. The fraction of sp³-hybridized carbons (Fsp3) is 0.583. The van der Waals surface area contributed by atoms with Crippen LogP contribution in [0.2, 0.25) is 0 Å². The Labute approximate surface area is 106 Å². The van der Waals surface area contributed by atoms with Crippen molar-refractivity contribution < 1.29 is 4.74 Å². The van der Waals surface area contributed by atoms with Gasteiger partial charge in [-0.15, -0.1) is 0 Å². The van der Waals surface area contributed by atoms with E-state index in [4.69, 9.17) is 4.74 Å². The quantitative estimate of drug-likeness (QED) is 0.837. The first-order chi connectivity index (χ1) is 7.76. The van der Waals surface area contributed by atoms with Crippen molar-refractivity contribution in [3.05, 3.63) is 28.5 Å². The van der Waals surface area contributed by atoms with Gasteiger partial charge in [-0.25, -0.2) is 0 Å². The van der Waals surface area contributed by atoms with E-state index >= 15 is 0 Å². The lowest BCUT2D eigenvalue weighted by atomic mass is 10.1. The highest BCUT2D eigenvalue weighted by molar-refractivity contribution is 9.10. The summed E-state index contributed by atoms with van der Waals surface area (Å²) in [6.45, 7) is 3.78. The molecule has 1 rings (SSSR count). The van der Waals surface area contributed by atoms with Gasteiger partial charge < -0.3 is 10.1 Å². The lowest BCUT2D eigenvalue weighted by Gasteiger charge is -2.17. The predicted molar refractivity (Wildman–Crippen MR) is 69.3 cm³/mol. The number of hydrogen-bond acceptors (Lipinski definition) is 3.